The van der Waals surface area contributed by atoms with Gasteiger partial charge in [0, 0.05) is 18.5 Å². The summed E-state index contributed by atoms with van der Waals surface area (Å²) in [5.41, 5.74) is 5.65. The minimum absolute atomic E-state index is 0.0656. The first-order valence-electron chi connectivity index (χ1n) is 7.99. The van der Waals surface area contributed by atoms with Gasteiger partial charge in [-0.3, -0.25) is 4.79 Å². The second kappa shape index (κ2) is 5.82. The average Bonchev–Trinajstić information content (AvgIpc) is 3.22. The van der Waals surface area contributed by atoms with Gasteiger partial charge in [0.05, 0.1) is 5.56 Å². The fraction of sp³-hybridized carbons (Fsp3) is 0.588. The van der Waals surface area contributed by atoms with Crippen LogP contribution < -0.4 is 5.73 Å². The molecule has 1 aliphatic carbocycles. The van der Waals surface area contributed by atoms with Gasteiger partial charge >= 0.3 is 6.18 Å². The van der Waals surface area contributed by atoms with Crippen LogP contribution in [0.3, 0.4) is 0 Å². The van der Waals surface area contributed by atoms with Crippen molar-refractivity contribution < 1.29 is 18.0 Å². The van der Waals surface area contributed by atoms with Crippen molar-refractivity contribution in [1.29, 1.82) is 0 Å². The number of nitrogens with two attached hydrogens (primary N) is 1. The molecule has 3 nitrogen and oxygen atoms in total. The van der Waals surface area contributed by atoms with Crippen LogP contribution in [0.2, 0.25) is 0 Å². The van der Waals surface area contributed by atoms with Gasteiger partial charge in [0.15, 0.2) is 0 Å². The fourth-order valence-corrected chi connectivity index (χ4v) is 3.62. The summed E-state index contributed by atoms with van der Waals surface area (Å²) in [5.74, 6) is 0.127. The number of nitrogens with zero attached hydrogens (tertiary/aromatic N) is 1. The Morgan fingerprint density at radius 1 is 1.35 bits per heavy atom. The van der Waals surface area contributed by atoms with E-state index in [0.29, 0.717) is 31.0 Å². The molecule has 2 fully saturated rings. The molecule has 1 heterocycles. The van der Waals surface area contributed by atoms with Crippen LogP contribution >= 0.6 is 0 Å². The van der Waals surface area contributed by atoms with Crippen molar-refractivity contribution in [2.45, 2.75) is 37.9 Å². The number of halogens is 3. The maximum absolute atomic E-state index is 12.8. The second-order valence-electron chi connectivity index (χ2n) is 6.75. The highest BCUT2D eigenvalue weighted by Gasteiger charge is 2.48. The van der Waals surface area contributed by atoms with E-state index < -0.39 is 11.7 Å². The van der Waals surface area contributed by atoms with Crippen molar-refractivity contribution >= 4 is 5.91 Å². The van der Waals surface area contributed by atoms with Gasteiger partial charge in [0.25, 0.3) is 0 Å². The highest BCUT2D eigenvalue weighted by atomic mass is 19.4. The van der Waals surface area contributed by atoms with E-state index in [4.69, 9.17) is 5.73 Å². The van der Waals surface area contributed by atoms with Gasteiger partial charge in [-0.2, -0.15) is 13.2 Å². The molecule has 1 amide bonds. The third-order valence-corrected chi connectivity index (χ3v) is 5.03. The first-order valence-corrected chi connectivity index (χ1v) is 7.99. The molecule has 0 aromatic heterocycles. The summed E-state index contributed by atoms with van der Waals surface area (Å²) < 4.78 is 38.4. The van der Waals surface area contributed by atoms with Crippen LogP contribution in [-0.4, -0.2) is 29.9 Å². The smallest absolute Gasteiger partial charge is 0.339 e. The van der Waals surface area contributed by atoms with Gasteiger partial charge in [-0.05, 0) is 49.8 Å². The van der Waals surface area contributed by atoms with E-state index in [-0.39, 0.29) is 23.8 Å². The van der Waals surface area contributed by atoms with E-state index in [1.54, 1.807) is 6.07 Å². The Kier molecular flexibility index (Phi) is 4.12. The number of hydrogen-bond acceptors (Lipinski definition) is 2. The van der Waals surface area contributed by atoms with Gasteiger partial charge in [0.1, 0.15) is 0 Å². The molecule has 0 bridgehead atoms. The lowest BCUT2D eigenvalue weighted by molar-refractivity contribution is -0.137. The lowest BCUT2D eigenvalue weighted by atomic mass is 10.0. The maximum Gasteiger partial charge on any atom is 0.416 e. The van der Waals surface area contributed by atoms with Crippen LogP contribution in [0, 0.1) is 11.8 Å². The quantitative estimate of drug-likeness (QED) is 0.928. The lowest BCUT2D eigenvalue weighted by Crippen LogP contribution is -2.35. The first kappa shape index (κ1) is 16.3. The van der Waals surface area contributed by atoms with Crippen LogP contribution in [0.5, 0.6) is 0 Å². The average molecular weight is 326 g/mol. The van der Waals surface area contributed by atoms with Crippen molar-refractivity contribution in [1.82, 2.24) is 4.90 Å². The van der Waals surface area contributed by atoms with Crippen molar-refractivity contribution in [3.05, 3.63) is 35.4 Å². The molecule has 1 saturated carbocycles. The largest absolute Gasteiger partial charge is 0.416 e. The number of carbonyl (C=O) groups excluding carboxylic acids is 1. The zero-order valence-electron chi connectivity index (χ0n) is 13.0. The van der Waals surface area contributed by atoms with Crippen molar-refractivity contribution in [2.24, 2.45) is 17.6 Å². The van der Waals surface area contributed by atoms with Crippen LogP contribution in [0.4, 0.5) is 13.2 Å². The van der Waals surface area contributed by atoms with E-state index >= 15 is 0 Å². The van der Waals surface area contributed by atoms with Gasteiger partial charge < -0.3 is 10.6 Å². The van der Waals surface area contributed by atoms with Gasteiger partial charge in [-0.15, -0.1) is 0 Å². The summed E-state index contributed by atoms with van der Waals surface area (Å²) in [6, 6.07) is 5.51. The SMILES string of the molecule is CC1CC(CN)CN1C(=O)C1CC1c1cccc(C(F)(F)F)c1. The molecule has 23 heavy (non-hydrogen) atoms. The van der Waals surface area contributed by atoms with Crippen molar-refractivity contribution in [3.63, 3.8) is 0 Å². The van der Waals surface area contributed by atoms with Crippen LogP contribution in [-0.2, 0) is 11.0 Å². The summed E-state index contributed by atoms with van der Waals surface area (Å²) in [7, 11) is 0. The van der Waals surface area contributed by atoms with E-state index in [1.165, 1.54) is 12.1 Å². The van der Waals surface area contributed by atoms with Gasteiger partial charge in [-0.1, -0.05) is 18.2 Å². The number of rotatable bonds is 3. The number of benzene rings is 1. The van der Waals surface area contributed by atoms with Crippen LogP contribution in [0.1, 0.15) is 36.8 Å². The van der Waals surface area contributed by atoms with E-state index in [9.17, 15) is 18.0 Å². The summed E-state index contributed by atoms with van der Waals surface area (Å²) in [6.45, 7) is 3.24. The minimum atomic E-state index is -4.35. The normalized spacial score (nSPS) is 30.6. The Morgan fingerprint density at radius 3 is 2.70 bits per heavy atom. The van der Waals surface area contributed by atoms with Crippen LogP contribution in [0.25, 0.3) is 0 Å². The van der Waals surface area contributed by atoms with Crippen LogP contribution in [0.15, 0.2) is 24.3 Å². The molecule has 0 radical (unpaired) electrons. The summed E-state index contributed by atoms with van der Waals surface area (Å²) >= 11 is 0. The second-order valence-corrected chi connectivity index (χ2v) is 6.75. The van der Waals surface area contributed by atoms with Crippen molar-refractivity contribution in [3.8, 4) is 0 Å². The molecule has 2 aliphatic rings. The van der Waals surface area contributed by atoms with E-state index in [2.05, 4.69) is 0 Å². The zero-order chi connectivity index (χ0) is 16.8. The number of carbonyl (C=O) groups is 1. The zero-order valence-corrected chi connectivity index (χ0v) is 13.0. The molecule has 3 rings (SSSR count). The topological polar surface area (TPSA) is 46.3 Å². The monoisotopic (exact) mass is 326 g/mol. The fourth-order valence-electron chi connectivity index (χ4n) is 3.62. The molecule has 4 atom stereocenters. The third-order valence-electron chi connectivity index (χ3n) is 5.03. The molecule has 1 saturated heterocycles. The Hall–Kier alpha value is -1.56. The van der Waals surface area contributed by atoms with E-state index in [0.717, 1.165) is 12.5 Å². The molecule has 1 aromatic rings. The molecule has 1 aliphatic heterocycles. The molecule has 2 N–H and O–H groups in total. The Balaban J connectivity index is 1.69. The number of alkyl halides is 3. The van der Waals surface area contributed by atoms with Crippen molar-refractivity contribution in [2.75, 3.05) is 13.1 Å². The number of likely N-dealkylation sites (tertiary alicyclic amines) is 1. The van der Waals surface area contributed by atoms with Gasteiger partial charge in [-0.25, -0.2) is 0 Å². The van der Waals surface area contributed by atoms with E-state index in [1.807, 2.05) is 11.8 Å². The highest BCUT2D eigenvalue weighted by Crippen LogP contribution is 2.50. The first-order chi connectivity index (χ1) is 10.8. The Bertz CT molecular complexity index is 602. The predicted molar refractivity (Wildman–Crippen MR) is 80.6 cm³/mol. The number of amides is 1. The third kappa shape index (κ3) is 3.22. The molecular formula is C17H21F3N2O. The molecular weight excluding hydrogens is 305 g/mol. The summed E-state index contributed by atoms with van der Waals surface area (Å²) in [5, 5.41) is 0. The van der Waals surface area contributed by atoms with Gasteiger partial charge in [0.2, 0.25) is 5.91 Å². The standard InChI is InChI=1S/C17H21F3N2O/c1-10-5-11(8-21)9-22(10)16(23)15-7-14(15)12-3-2-4-13(6-12)17(18,19)20/h2-4,6,10-11,14-15H,5,7-9,21H2,1H3. The molecule has 1 aromatic carbocycles. The number of hydrogen-bond donors (Lipinski definition) is 1. The lowest BCUT2D eigenvalue weighted by Gasteiger charge is -2.21. The molecule has 0 spiro atoms. The highest BCUT2D eigenvalue weighted by molar-refractivity contribution is 5.83. The minimum Gasteiger partial charge on any atom is -0.339 e. The summed E-state index contributed by atoms with van der Waals surface area (Å²) in [4.78, 5) is 14.5. The predicted octanol–water partition coefficient (Wildman–Crippen LogP) is 3.00. The summed E-state index contributed by atoms with van der Waals surface area (Å²) in [6.07, 6.45) is -2.80. The Morgan fingerprint density at radius 2 is 2.09 bits per heavy atom. The Labute approximate surface area is 133 Å². The molecule has 4 unspecified atom stereocenters. The molecule has 6 heteroatoms. The maximum atomic E-state index is 12.8. The molecule has 126 valence electrons.